The van der Waals surface area contributed by atoms with Crippen molar-refractivity contribution in [2.75, 3.05) is 11.9 Å². The first kappa shape index (κ1) is 20.0. The third-order valence-electron chi connectivity index (χ3n) is 6.69. The van der Waals surface area contributed by atoms with Crippen molar-refractivity contribution in [3.63, 3.8) is 0 Å². The lowest BCUT2D eigenvalue weighted by molar-refractivity contribution is -0.139. The first-order valence-corrected chi connectivity index (χ1v) is 11.6. The Morgan fingerprint density at radius 1 is 1.14 bits per heavy atom. The molecule has 4 rings (SSSR count). The largest absolute Gasteiger partial charge is 0.417 e. The van der Waals surface area contributed by atoms with Gasteiger partial charge in [0, 0.05) is 18.3 Å². The van der Waals surface area contributed by atoms with Crippen molar-refractivity contribution < 1.29 is 21.6 Å². The van der Waals surface area contributed by atoms with Gasteiger partial charge in [-0.1, -0.05) is 13.3 Å². The topological polar surface area (TPSA) is 58.2 Å². The maximum absolute atomic E-state index is 13.6. The Morgan fingerprint density at radius 2 is 1.89 bits per heavy atom. The molecule has 0 saturated heterocycles. The minimum atomic E-state index is -4.74. The van der Waals surface area contributed by atoms with Gasteiger partial charge < -0.3 is 5.32 Å². The Bertz CT molecular complexity index is 836. The minimum Gasteiger partial charge on any atom is -0.382 e. The van der Waals surface area contributed by atoms with E-state index in [9.17, 15) is 21.6 Å². The van der Waals surface area contributed by atoms with Crippen molar-refractivity contribution in [1.29, 1.82) is 0 Å². The van der Waals surface area contributed by atoms with Crippen molar-refractivity contribution in [2.24, 2.45) is 23.7 Å². The number of sulfonamides is 1. The van der Waals surface area contributed by atoms with Gasteiger partial charge in [0.25, 0.3) is 0 Å². The smallest absolute Gasteiger partial charge is 0.382 e. The number of hydrogen-bond donors (Lipinski definition) is 2. The van der Waals surface area contributed by atoms with Crippen molar-refractivity contribution in [3.05, 3.63) is 23.8 Å². The molecule has 8 heteroatoms. The zero-order valence-electron chi connectivity index (χ0n) is 15.9. The highest BCUT2D eigenvalue weighted by molar-refractivity contribution is 7.89. The average molecular weight is 417 g/mol. The summed E-state index contributed by atoms with van der Waals surface area (Å²) in [4.78, 5) is -0.693. The van der Waals surface area contributed by atoms with Crippen LogP contribution in [0.1, 0.15) is 51.0 Å². The first-order valence-electron chi connectivity index (χ1n) is 10.1. The third kappa shape index (κ3) is 4.17. The van der Waals surface area contributed by atoms with Gasteiger partial charge in [-0.3, -0.25) is 0 Å². The molecule has 1 aromatic rings. The highest BCUT2D eigenvalue weighted by Gasteiger charge is 2.41. The molecular formula is C20H27F3N2O2S. The molecule has 3 aliphatic rings. The van der Waals surface area contributed by atoms with Crippen molar-refractivity contribution in [3.8, 4) is 0 Å². The van der Waals surface area contributed by atoms with E-state index in [1.165, 1.54) is 12.5 Å². The summed E-state index contributed by atoms with van der Waals surface area (Å²) in [6.45, 7) is 2.09. The molecule has 2 N–H and O–H groups in total. The zero-order chi connectivity index (χ0) is 20.1. The maximum Gasteiger partial charge on any atom is 0.417 e. The molecule has 0 radical (unpaired) electrons. The molecule has 3 saturated carbocycles. The van der Waals surface area contributed by atoms with E-state index in [-0.39, 0.29) is 18.5 Å². The van der Waals surface area contributed by atoms with Crippen LogP contribution >= 0.6 is 0 Å². The number of rotatable bonds is 7. The lowest BCUT2D eigenvalue weighted by atomic mass is 9.95. The number of alkyl halides is 3. The molecule has 2 bridgehead atoms. The SMILES string of the molecule is CC(CNS(=O)(=O)c1ccc(NC2CC3CCC2C3)cc1C(F)(F)F)C1CC1. The van der Waals surface area contributed by atoms with Crippen LogP contribution in [0.4, 0.5) is 18.9 Å². The molecule has 0 amide bonds. The van der Waals surface area contributed by atoms with E-state index in [1.54, 1.807) is 0 Å². The fourth-order valence-electron chi connectivity index (χ4n) is 4.86. The lowest BCUT2D eigenvalue weighted by Gasteiger charge is -2.25. The molecule has 28 heavy (non-hydrogen) atoms. The maximum atomic E-state index is 13.6. The van der Waals surface area contributed by atoms with E-state index in [1.807, 2.05) is 6.92 Å². The fraction of sp³-hybridized carbons (Fsp3) is 0.700. The van der Waals surface area contributed by atoms with Crippen LogP contribution in [0.3, 0.4) is 0 Å². The van der Waals surface area contributed by atoms with E-state index < -0.39 is 26.7 Å². The Labute approximate surface area is 164 Å². The summed E-state index contributed by atoms with van der Waals surface area (Å²) in [6, 6.07) is 3.67. The van der Waals surface area contributed by atoms with E-state index in [2.05, 4.69) is 10.0 Å². The van der Waals surface area contributed by atoms with Gasteiger partial charge >= 0.3 is 6.18 Å². The summed E-state index contributed by atoms with van der Waals surface area (Å²) in [5.74, 6) is 1.77. The van der Waals surface area contributed by atoms with E-state index in [0.717, 1.165) is 44.2 Å². The van der Waals surface area contributed by atoms with Crippen molar-refractivity contribution >= 4 is 15.7 Å². The second-order valence-corrected chi connectivity index (χ2v) is 10.5. The number of nitrogens with one attached hydrogen (secondary N) is 2. The van der Waals surface area contributed by atoms with Gasteiger partial charge in [0.05, 0.1) is 10.5 Å². The van der Waals surface area contributed by atoms with Crippen LogP contribution in [0.15, 0.2) is 23.1 Å². The van der Waals surface area contributed by atoms with E-state index in [4.69, 9.17) is 0 Å². The Balaban J connectivity index is 1.54. The van der Waals surface area contributed by atoms with Crippen LogP contribution in [0, 0.1) is 23.7 Å². The summed E-state index contributed by atoms with van der Waals surface area (Å²) >= 11 is 0. The van der Waals surface area contributed by atoms with Crippen molar-refractivity contribution in [2.45, 2.75) is 62.6 Å². The molecule has 0 aromatic heterocycles. The predicted octanol–water partition coefficient (Wildman–Crippen LogP) is 4.63. The van der Waals surface area contributed by atoms with Crippen LogP contribution in [0.25, 0.3) is 0 Å². The highest BCUT2D eigenvalue weighted by atomic mass is 32.2. The number of fused-ring (bicyclic) bond motifs is 2. The standard InChI is InChI=1S/C20H27F3N2O2S/c1-12(14-4-5-14)11-24-28(26,27)19-7-6-16(10-17(19)20(21,22)23)25-18-9-13-2-3-15(18)8-13/h6-7,10,12-15,18,24-25H,2-5,8-9,11H2,1H3. The van der Waals surface area contributed by atoms with Gasteiger partial charge in [-0.2, -0.15) is 13.2 Å². The quantitative estimate of drug-likeness (QED) is 0.681. The third-order valence-corrected chi connectivity index (χ3v) is 8.17. The molecule has 0 spiro atoms. The molecule has 4 unspecified atom stereocenters. The summed E-state index contributed by atoms with van der Waals surface area (Å²) < 4.78 is 68.4. The Morgan fingerprint density at radius 3 is 2.46 bits per heavy atom. The molecule has 0 heterocycles. The van der Waals surface area contributed by atoms with Crippen LogP contribution in [-0.4, -0.2) is 21.0 Å². The molecule has 3 fully saturated rings. The van der Waals surface area contributed by atoms with Gasteiger partial charge in [0.15, 0.2) is 0 Å². The average Bonchev–Trinajstić information content (AvgIpc) is 3.28. The summed E-state index contributed by atoms with van der Waals surface area (Å²) in [5.41, 5.74) is -0.762. The van der Waals surface area contributed by atoms with Gasteiger partial charge in [0.2, 0.25) is 10.0 Å². The molecular weight excluding hydrogens is 389 g/mol. The van der Waals surface area contributed by atoms with Crippen LogP contribution in [-0.2, 0) is 16.2 Å². The first-order chi connectivity index (χ1) is 13.1. The molecule has 4 atom stereocenters. The summed E-state index contributed by atoms with van der Waals surface area (Å²) in [7, 11) is -4.23. The molecule has 156 valence electrons. The predicted molar refractivity (Wildman–Crippen MR) is 101 cm³/mol. The normalized spacial score (nSPS) is 28.5. The molecule has 1 aromatic carbocycles. The number of hydrogen-bond acceptors (Lipinski definition) is 3. The van der Waals surface area contributed by atoms with Gasteiger partial charge in [0.1, 0.15) is 0 Å². The lowest BCUT2D eigenvalue weighted by Crippen LogP contribution is -2.31. The van der Waals surface area contributed by atoms with Crippen LogP contribution < -0.4 is 10.0 Å². The Hall–Kier alpha value is -1.28. The zero-order valence-corrected chi connectivity index (χ0v) is 16.7. The highest BCUT2D eigenvalue weighted by Crippen LogP contribution is 2.46. The van der Waals surface area contributed by atoms with Crippen LogP contribution in [0.5, 0.6) is 0 Å². The van der Waals surface area contributed by atoms with Crippen molar-refractivity contribution in [1.82, 2.24) is 4.72 Å². The monoisotopic (exact) mass is 416 g/mol. The summed E-state index contributed by atoms with van der Waals surface area (Å²) in [6.07, 6.45) is 1.81. The van der Waals surface area contributed by atoms with Gasteiger partial charge in [-0.05, 0) is 74.0 Å². The Kier molecular flexibility index (Phi) is 5.15. The number of halogens is 3. The second-order valence-electron chi connectivity index (χ2n) is 8.80. The molecule has 0 aliphatic heterocycles. The fourth-order valence-corrected chi connectivity index (χ4v) is 6.21. The van der Waals surface area contributed by atoms with Crippen LogP contribution in [0.2, 0.25) is 0 Å². The minimum absolute atomic E-state index is 0.128. The molecule has 3 aliphatic carbocycles. The molecule has 4 nitrogen and oxygen atoms in total. The van der Waals surface area contributed by atoms with Gasteiger partial charge in [-0.15, -0.1) is 0 Å². The second kappa shape index (κ2) is 7.20. The van der Waals surface area contributed by atoms with E-state index >= 15 is 0 Å². The van der Waals surface area contributed by atoms with Gasteiger partial charge in [-0.25, -0.2) is 13.1 Å². The number of anilines is 1. The number of benzene rings is 1. The summed E-state index contributed by atoms with van der Waals surface area (Å²) in [5, 5.41) is 3.22. The van der Waals surface area contributed by atoms with E-state index in [0.29, 0.717) is 23.4 Å².